The van der Waals surface area contributed by atoms with Crippen molar-refractivity contribution in [2.45, 2.75) is 74.1 Å². The average molecular weight is 713 g/mol. The zero-order valence-electron chi connectivity index (χ0n) is 28.2. The van der Waals surface area contributed by atoms with E-state index in [0.29, 0.717) is 31.4 Å². The summed E-state index contributed by atoms with van der Waals surface area (Å²) in [7, 11) is -2.14. The van der Waals surface area contributed by atoms with E-state index in [-0.39, 0.29) is 42.0 Å². The summed E-state index contributed by atoms with van der Waals surface area (Å²) in [5.74, 6) is 0.450. The first kappa shape index (κ1) is 34.3. The molecule has 1 spiro atoms. The van der Waals surface area contributed by atoms with E-state index in [1.54, 1.807) is 39.2 Å². The van der Waals surface area contributed by atoms with E-state index in [9.17, 15) is 18.9 Å². The molecule has 49 heavy (non-hydrogen) atoms. The van der Waals surface area contributed by atoms with Crippen LogP contribution in [0, 0.1) is 11.8 Å². The molecular formula is C36H45ClN4O7S. The molecule has 3 aliphatic heterocycles. The highest BCUT2D eigenvalue weighted by Gasteiger charge is 2.45. The molecule has 13 heteroatoms. The number of fused-ring (bicyclic) bond motifs is 4. The summed E-state index contributed by atoms with van der Waals surface area (Å²) in [5.41, 5.74) is 1.46. The van der Waals surface area contributed by atoms with Crippen LogP contribution in [0.2, 0.25) is 5.02 Å². The first-order valence-electron chi connectivity index (χ1n) is 17.1. The maximum atomic E-state index is 14.9. The van der Waals surface area contributed by atoms with Gasteiger partial charge in [0, 0.05) is 30.6 Å². The molecule has 5 atom stereocenters. The van der Waals surface area contributed by atoms with E-state index in [1.165, 1.54) is 16.0 Å². The van der Waals surface area contributed by atoms with Gasteiger partial charge < -0.3 is 29.1 Å². The number of benzene rings is 2. The molecule has 2 bridgehead atoms. The lowest BCUT2D eigenvalue weighted by Crippen LogP contribution is -2.57. The van der Waals surface area contributed by atoms with Crippen molar-refractivity contribution in [2.75, 3.05) is 51.4 Å². The van der Waals surface area contributed by atoms with Gasteiger partial charge in [-0.3, -0.25) is 4.79 Å². The van der Waals surface area contributed by atoms with E-state index in [1.807, 2.05) is 18.2 Å². The second-order valence-electron chi connectivity index (χ2n) is 14.6. The van der Waals surface area contributed by atoms with Crippen molar-refractivity contribution in [3.05, 3.63) is 64.7 Å². The number of nitrogens with one attached hydrogen (secondary N) is 1. The first-order valence-corrected chi connectivity index (χ1v) is 19.0. The summed E-state index contributed by atoms with van der Waals surface area (Å²) in [6.07, 6.45) is 8.03. The molecule has 3 heterocycles. The Labute approximate surface area is 293 Å². The number of urea groups is 1. The fourth-order valence-corrected chi connectivity index (χ4v) is 9.68. The molecular weight excluding hydrogens is 668 g/mol. The van der Waals surface area contributed by atoms with Crippen LogP contribution in [-0.2, 0) is 36.0 Å². The molecule has 5 aliphatic rings. The van der Waals surface area contributed by atoms with Crippen molar-refractivity contribution in [2.24, 2.45) is 16.2 Å². The van der Waals surface area contributed by atoms with Gasteiger partial charge in [-0.25, -0.2) is 13.7 Å². The van der Waals surface area contributed by atoms with Crippen LogP contribution >= 0.6 is 11.6 Å². The zero-order chi connectivity index (χ0) is 34.6. The summed E-state index contributed by atoms with van der Waals surface area (Å²) in [5, 5.41) is 10.5. The van der Waals surface area contributed by atoms with Gasteiger partial charge in [-0.1, -0.05) is 29.8 Å². The summed E-state index contributed by atoms with van der Waals surface area (Å²) in [6.45, 7) is 5.29. The van der Waals surface area contributed by atoms with Gasteiger partial charge in [-0.15, -0.1) is 4.36 Å². The van der Waals surface area contributed by atoms with E-state index in [0.717, 1.165) is 42.8 Å². The van der Waals surface area contributed by atoms with Gasteiger partial charge in [0.15, 0.2) is 9.92 Å². The molecule has 264 valence electrons. The quantitative estimate of drug-likeness (QED) is 0.422. The van der Waals surface area contributed by atoms with Crippen LogP contribution in [0.3, 0.4) is 0 Å². The molecule has 11 nitrogen and oxygen atoms in total. The number of aliphatic hydroxyl groups excluding tert-OH is 1. The Morgan fingerprint density at radius 1 is 1.16 bits per heavy atom. The number of β-amino-alcohol motifs (C(OH)–C–C–N with tert-alkyl or cyclic N) is 1. The number of carbonyl (C=O) groups excluding carboxylic acids is 2. The lowest BCUT2D eigenvalue weighted by molar-refractivity contribution is -0.137. The Hall–Kier alpha value is -3.16. The molecule has 1 unspecified atom stereocenters. The van der Waals surface area contributed by atoms with Gasteiger partial charge in [0.25, 0.3) is 5.91 Å². The standard InChI is InChI=1S/C36H45ClN4O7S/c1-35(2)33(43)38-49(45,39-34(44)40-19-26(42)20-40)27-10-13-32-30(17-27)41(18-24-8-11-28(24)31(46-3)7-5-15-48-35)21-36(22-47-32)14-4-6-23-16-25(37)9-12-29(23)36/h5,7,9-10,12-13,16-17,24,26,28,31,42H,4,6,8,11,14-15,18-22H2,1-3H3,(H,38,39,43,44,45)/b7-5+/t24-,28+,31-,36-,49?/m0/s1. The van der Waals surface area contributed by atoms with Crippen LogP contribution in [0.25, 0.3) is 0 Å². The molecule has 3 amide bonds. The Morgan fingerprint density at radius 3 is 2.71 bits per heavy atom. The van der Waals surface area contributed by atoms with Crippen LogP contribution in [0.1, 0.15) is 50.7 Å². The van der Waals surface area contributed by atoms with Crippen molar-refractivity contribution in [1.82, 2.24) is 9.62 Å². The number of nitrogens with zero attached hydrogens (tertiary/aromatic N) is 3. The van der Waals surface area contributed by atoms with Gasteiger partial charge in [-0.2, -0.15) is 0 Å². The molecule has 1 saturated carbocycles. The number of aliphatic hydroxyl groups is 1. The number of methoxy groups -OCH3 is 1. The smallest absolute Gasteiger partial charge is 0.330 e. The number of hydrogen-bond donors (Lipinski definition) is 2. The van der Waals surface area contributed by atoms with Gasteiger partial charge in [0.2, 0.25) is 0 Å². The largest absolute Gasteiger partial charge is 0.490 e. The second-order valence-corrected chi connectivity index (χ2v) is 16.9. The third kappa shape index (κ3) is 6.58. The highest BCUT2D eigenvalue weighted by molar-refractivity contribution is 7.92. The number of aryl methyl sites for hydroxylation is 1. The van der Waals surface area contributed by atoms with Crippen LogP contribution in [0.4, 0.5) is 10.5 Å². The highest BCUT2D eigenvalue weighted by atomic mass is 35.5. The van der Waals surface area contributed by atoms with Crippen LogP contribution in [0.5, 0.6) is 5.75 Å². The SMILES string of the molecule is CO[C@H]1/C=C/COC(C)(C)C(=O)N=S(=O)(NC(=O)N2CC(O)C2)c2ccc3c(c2)N(C[C@@H]2CC[C@H]21)C[C@@]1(CCCc2cc(Cl)ccc21)CO3. The lowest BCUT2D eigenvalue weighted by atomic mass is 9.68. The lowest BCUT2D eigenvalue weighted by Gasteiger charge is -2.46. The number of rotatable bonds is 2. The minimum atomic E-state index is -3.86. The Balaban J connectivity index is 1.35. The van der Waals surface area contributed by atoms with Crippen molar-refractivity contribution in [3.63, 3.8) is 0 Å². The van der Waals surface area contributed by atoms with Crippen molar-refractivity contribution < 1.29 is 33.1 Å². The molecule has 2 fully saturated rings. The third-order valence-corrected chi connectivity index (χ3v) is 12.9. The Morgan fingerprint density at radius 2 is 1.98 bits per heavy atom. The Kier molecular flexibility index (Phi) is 9.23. The summed E-state index contributed by atoms with van der Waals surface area (Å²) < 4.78 is 40.2. The molecule has 0 aromatic heterocycles. The second kappa shape index (κ2) is 13.2. The average Bonchev–Trinajstić information content (AvgIpc) is 3.19. The number of halogens is 1. The molecule has 7 rings (SSSR count). The molecule has 0 radical (unpaired) electrons. The minimum absolute atomic E-state index is 0.0990. The first-order chi connectivity index (χ1) is 23.4. The van der Waals surface area contributed by atoms with Crippen molar-refractivity contribution >= 4 is 39.1 Å². The minimum Gasteiger partial charge on any atom is -0.490 e. The van der Waals surface area contributed by atoms with E-state index >= 15 is 0 Å². The van der Waals surface area contributed by atoms with Crippen LogP contribution in [0.15, 0.2) is 57.8 Å². The summed E-state index contributed by atoms with van der Waals surface area (Å²) >= 11 is 6.45. The molecule has 2 aromatic rings. The fraction of sp³-hybridized carbons (Fsp3) is 0.556. The number of hydrogen-bond acceptors (Lipinski definition) is 8. The van der Waals surface area contributed by atoms with Crippen LogP contribution in [-0.4, -0.2) is 90.5 Å². The van der Waals surface area contributed by atoms with Gasteiger partial charge >= 0.3 is 6.03 Å². The highest BCUT2D eigenvalue weighted by Crippen LogP contribution is 2.47. The van der Waals surface area contributed by atoms with Gasteiger partial charge in [0.1, 0.15) is 11.4 Å². The van der Waals surface area contributed by atoms with Gasteiger partial charge in [-0.05, 0) is 99.2 Å². The predicted octanol–water partition coefficient (Wildman–Crippen LogP) is 4.87. The molecule has 2 aliphatic carbocycles. The molecule has 1 saturated heterocycles. The molecule has 2 aromatic carbocycles. The predicted molar refractivity (Wildman–Crippen MR) is 186 cm³/mol. The maximum Gasteiger partial charge on any atom is 0.330 e. The normalized spacial score (nSPS) is 31.9. The van der Waals surface area contributed by atoms with Gasteiger partial charge in [0.05, 0.1) is 49.1 Å². The van der Waals surface area contributed by atoms with Crippen LogP contribution < -0.4 is 14.4 Å². The maximum absolute atomic E-state index is 14.9. The topological polar surface area (TPSA) is 130 Å². The summed E-state index contributed by atoms with van der Waals surface area (Å²) in [6, 6.07) is 10.6. The van der Waals surface area contributed by atoms with E-state index in [4.69, 9.17) is 25.8 Å². The van der Waals surface area contributed by atoms with Crippen molar-refractivity contribution in [1.29, 1.82) is 0 Å². The fourth-order valence-electron chi connectivity index (χ4n) is 7.87. The monoisotopic (exact) mass is 712 g/mol. The summed E-state index contributed by atoms with van der Waals surface area (Å²) in [4.78, 5) is 30.8. The number of anilines is 1. The number of carbonyl (C=O) groups is 2. The van der Waals surface area contributed by atoms with E-state index in [2.05, 4.69) is 26.1 Å². The zero-order valence-corrected chi connectivity index (χ0v) is 29.8. The molecule has 2 N–H and O–H groups in total. The number of likely N-dealkylation sites (tertiary alicyclic amines) is 1. The third-order valence-electron chi connectivity index (χ3n) is 10.9. The van der Waals surface area contributed by atoms with E-state index < -0.39 is 33.6 Å². The van der Waals surface area contributed by atoms with Crippen molar-refractivity contribution in [3.8, 4) is 5.75 Å². The Bertz CT molecular complexity index is 1790. The number of ether oxygens (including phenoxy) is 3. The number of amides is 3.